The summed E-state index contributed by atoms with van der Waals surface area (Å²) in [5.74, 6) is -2.72. The Balaban J connectivity index is 1.50. The number of aliphatic carboxylic acids is 1. The van der Waals surface area contributed by atoms with Gasteiger partial charge in [0.2, 0.25) is 0 Å². The van der Waals surface area contributed by atoms with E-state index in [0.717, 1.165) is 10.5 Å². The van der Waals surface area contributed by atoms with Gasteiger partial charge in [-0.3, -0.25) is 14.5 Å². The van der Waals surface area contributed by atoms with Crippen LogP contribution in [0.5, 0.6) is 0 Å². The summed E-state index contributed by atoms with van der Waals surface area (Å²) in [4.78, 5) is 27.5. The Hall–Kier alpha value is -2.13. The number of halogens is 3. The molecule has 0 bridgehead atoms. The molecule has 1 amide bonds. The molecule has 3 fully saturated rings. The predicted octanol–water partition coefficient (Wildman–Crippen LogP) is 2.85. The molecular formula is C23H30F3N3O3. The number of hydrogen-bond acceptors (Lipinski definition) is 4. The van der Waals surface area contributed by atoms with Gasteiger partial charge in [-0.2, -0.15) is 13.2 Å². The highest BCUT2D eigenvalue weighted by Crippen LogP contribution is 2.48. The van der Waals surface area contributed by atoms with E-state index in [-0.39, 0.29) is 5.92 Å². The number of nitrogens with one attached hydrogen (secondary N) is 1. The van der Waals surface area contributed by atoms with E-state index < -0.39 is 41.1 Å². The third kappa shape index (κ3) is 3.79. The number of likely N-dealkylation sites (tertiary alicyclic amines) is 1. The molecule has 4 rings (SSSR count). The van der Waals surface area contributed by atoms with Gasteiger partial charge in [0.1, 0.15) is 0 Å². The summed E-state index contributed by atoms with van der Waals surface area (Å²) in [5.41, 5.74) is -0.617. The Labute approximate surface area is 185 Å². The number of carboxylic acids is 1. The van der Waals surface area contributed by atoms with E-state index in [9.17, 15) is 27.9 Å². The Kier molecular flexibility index (Phi) is 5.78. The summed E-state index contributed by atoms with van der Waals surface area (Å²) < 4.78 is 40.4. The largest absolute Gasteiger partial charge is 0.481 e. The van der Waals surface area contributed by atoms with Crippen LogP contribution in [0.15, 0.2) is 30.3 Å². The summed E-state index contributed by atoms with van der Waals surface area (Å²) >= 11 is 0. The molecule has 2 aliphatic heterocycles. The van der Waals surface area contributed by atoms with Crippen molar-refractivity contribution >= 4 is 11.9 Å². The van der Waals surface area contributed by atoms with Crippen molar-refractivity contribution in [2.75, 3.05) is 26.2 Å². The van der Waals surface area contributed by atoms with Crippen LogP contribution in [0.3, 0.4) is 0 Å². The fourth-order valence-electron chi connectivity index (χ4n) is 5.47. The smallest absolute Gasteiger partial charge is 0.471 e. The normalized spacial score (nSPS) is 26.3. The maximum Gasteiger partial charge on any atom is 0.471 e. The number of carboxylic acid groups (broad SMARTS) is 1. The zero-order valence-electron chi connectivity index (χ0n) is 18.4. The first-order chi connectivity index (χ1) is 15.0. The van der Waals surface area contributed by atoms with Gasteiger partial charge in [0.25, 0.3) is 0 Å². The van der Waals surface area contributed by atoms with E-state index in [4.69, 9.17) is 0 Å². The fourth-order valence-corrected chi connectivity index (χ4v) is 5.47. The minimum absolute atomic E-state index is 0.0753. The molecule has 2 N–H and O–H groups in total. The van der Waals surface area contributed by atoms with E-state index in [1.54, 1.807) is 13.8 Å². The van der Waals surface area contributed by atoms with Crippen LogP contribution in [0.4, 0.5) is 13.2 Å². The molecular weight excluding hydrogens is 423 g/mol. The monoisotopic (exact) mass is 453 g/mol. The van der Waals surface area contributed by atoms with E-state index >= 15 is 0 Å². The van der Waals surface area contributed by atoms with E-state index in [1.165, 1.54) is 0 Å². The maximum atomic E-state index is 13.5. The van der Waals surface area contributed by atoms with Gasteiger partial charge in [-0.05, 0) is 38.7 Å². The molecule has 2 saturated heterocycles. The van der Waals surface area contributed by atoms with E-state index in [1.807, 2.05) is 30.3 Å². The summed E-state index contributed by atoms with van der Waals surface area (Å²) in [5, 5.41) is 12.9. The summed E-state index contributed by atoms with van der Waals surface area (Å²) in [7, 11) is 0. The third-order valence-corrected chi connectivity index (χ3v) is 7.81. The van der Waals surface area contributed by atoms with E-state index in [2.05, 4.69) is 10.2 Å². The topological polar surface area (TPSA) is 72.9 Å². The van der Waals surface area contributed by atoms with Crippen LogP contribution in [0, 0.1) is 5.41 Å². The average Bonchev–Trinajstić information content (AvgIpc) is 3.48. The van der Waals surface area contributed by atoms with Crippen LogP contribution in [0.2, 0.25) is 0 Å². The molecule has 2 heterocycles. The lowest BCUT2D eigenvalue weighted by Gasteiger charge is -2.59. The van der Waals surface area contributed by atoms with Gasteiger partial charge in [-0.25, -0.2) is 0 Å². The second-order valence-electron chi connectivity index (χ2n) is 9.81. The van der Waals surface area contributed by atoms with Crippen LogP contribution in [0.1, 0.15) is 44.6 Å². The highest BCUT2D eigenvalue weighted by Gasteiger charge is 2.59. The molecule has 1 aromatic rings. The molecule has 3 aliphatic rings. The quantitative estimate of drug-likeness (QED) is 0.693. The van der Waals surface area contributed by atoms with Crippen molar-refractivity contribution < 1.29 is 27.9 Å². The molecule has 176 valence electrons. The maximum absolute atomic E-state index is 13.5. The number of carbonyl (C=O) groups excluding carboxylic acids is 1. The van der Waals surface area contributed by atoms with Crippen molar-refractivity contribution in [2.24, 2.45) is 5.41 Å². The van der Waals surface area contributed by atoms with Gasteiger partial charge in [0, 0.05) is 44.2 Å². The fraction of sp³-hybridized carbons (Fsp3) is 0.652. The molecule has 1 saturated carbocycles. The van der Waals surface area contributed by atoms with Gasteiger partial charge in [-0.1, -0.05) is 30.3 Å². The van der Waals surface area contributed by atoms with Crippen LogP contribution >= 0.6 is 0 Å². The predicted molar refractivity (Wildman–Crippen MR) is 112 cm³/mol. The molecule has 6 nitrogen and oxygen atoms in total. The number of piperidine rings is 1. The standard InChI is InChI=1S/C23H30F3N3O3/c1-21(2,20(31)32)22(13-27-14-22)28-10-8-16(9-11-28)29(19(30)23(24,25)26)18-12-17(18)15-6-4-3-5-7-15/h3-7,16-18,27H,8-14H2,1-2H3,(H,31,32)/t17-,18+/m0/s1. The molecule has 0 radical (unpaired) electrons. The van der Waals surface area contributed by atoms with Crippen molar-refractivity contribution in [1.82, 2.24) is 15.1 Å². The van der Waals surface area contributed by atoms with Gasteiger partial charge in [0.15, 0.2) is 0 Å². The van der Waals surface area contributed by atoms with Crippen LogP contribution in [-0.4, -0.2) is 76.8 Å². The number of carbonyl (C=O) groups is 2. The lowest BCUT2D eigenvalue weighted by Crippen LogP contribution is -2.77. The van der Waals surface area contributed by atoms with Gasteiger partial charge >= 0.3 is 18.1 Å². The van der Waals surface area contributed by atoms with E-state index in [0.29, 0.717) is 45.4 Å². The number of nitrogens with zero attached hydrogens (tertiary/aromatic N) is 2. The van der Waals surface area contributed by atoms with Crippen LogP contribution in [-0.2, 0) is 9.59 Å². The van der Waals surface area contributed by atoms with Gasteiger partial charge < -0.3 is 15.3 Å². The molecule has 9 heteroatoms. The minimum atomic E-state index is -4.91. The molecule has 32 heavy (non-hydrogen) atoms. The Bertz CT molecular complexity index is 862. The van der Waals surface area contributed by atoms with Crippen molar-refractivity contribution in [3.63, 3.8) is 0 Å². The molecule has 0 unspecified atom stereocenters. The minimum Gasteiger partial charge on any atom is -0.481 e. The zero-order chi connectivity index (χ0) is 23.3. The van der Waals surface area contributed by atoms with Crippen molar-refractivity contribution in [3.8, 4) is 0 Å². The SMILES string of the molecule is CC(C)(C(=O)O)C1(N2CCC(N(C(=O)C(F)(F)F)[C@@H]3C[C@H]3c3ccccc3)CC2)CNC1. The van der Waals surface area contributed by atoms with Gasteiger partial charge in [-0.15, -0.1) is 0 Å². The first kappa shape index (κ1) is 23.0. The molecule has 0 spiro atoms. The number of benzene rings is 1. The first-order valence-corrected chi connectivity index (χ1v) is 11.1. The number of amides is 1. The lowest BCUT2D eigenvalue weighted by atomic mass is 9.66. The van der Waals surface area contributed by atoms with Crippen molar-refractivity contribution in [1.29, 1.82) is 0 Å². The first-order valence-electron chi connectivity index (χ1n) is 11.1. The summed E-state index contributed by atoms with van der Waals surface area (Å²) in [6, 6.07) is 8.41. The number of rotatable bonds is 6. The van der Waals surface area contributed by atoms with Crippen molar-refractivity contribution in [2.45, 2.75) is 62.8 Å². The number of alkyl halides is 3. The number of hydrogen-bond donors (Lipinski definition) is 2. The third-order valence-electron chi connectivity index (χ3n) is 7.81. The highest BCUT2D eigenvalue weighted by atomic mass is 19.4. The zero-order valence-corrected chi connectivity index (χ0v) is 18.4. The second-order valence-corrected chi connectivity index (χ2v) is 9.81. The molecule has 1 aromatic carbocycles. The Morgan fingerprint density at radius 2 is 1.72 bits per heavy atom. The Morgan fingerprint density at radius 3 is 2.19 bits per heavy atom. The molecule has 0 aromatic heterocycles. The molecule has 1 aliphatic carbocycles. The summed E-state index contributed by atoms with van der Waals surface area (Å²) in [6.07, 6.45) is -3.58. The molecule has 2 atom stereocenters. The van der Waals surface area contributed by atoms with Crippen LogP contribution < -0.4 is 5.32 Å². The van der Waals surface area contributed by atoms with Crippen LogP contribution in [0.25, 0.3) is 0 Å². The van der Waals surface area contributed by atoms with Gasteiger partial charge in [0.05, 0.1) is 11.0 Å². The second kappa shape index (κ2) is 8.02. The summed E-state index contributed by atoms with van der Waals surface area (Å²) in [6.45, 7) is 5.40. The van der Waals surface area contributed by atoms with Crippen molar-refractivity contribution in [3.05, 3.63) is 35.9 Å². The average molecular weight is 454 g/mol. The Morgan fingerprint density at radius 1 is 1.12 bits per heavy atom. The highest BCUT2D eigenvalue weighted by molar-refractivity contribution is 5.83. The lowest BCUT2D eigenvalue weighted by molar-refractivity contribution is -0.190.